The van der Waals surface area contributed by atoms with Crippen molar-refractivity contribution in [3.8, 4) is 5.75 Å². The standard InChI is InChI=1S/C16H19NO2/c1-17-10-16(9-14(17)11-18)19-15-7-6-12-4-2-3-5-13(12)8-15/h2-8,14,16,18H,9-11H2,1H3/t14-,16-/m0/s1. The number of aliphatic hydroxyl groups is 1. The molecule has 0 aliphatic carbocycles. The number of ether oxygens (including phenoxy) is 1. The summed E-state index contributed by atoms with van der Waals surface area (Å²) in [6, 6.07) is 14.7. The maximum absolute atomic E-state index is 9.26. The van der Waals surface area contributed by atoms with Crippen LogP contribution in [0.2, 0.25) is 0 Å². The van der Waals surface area contributed by atoms with Gasteiger partial charge in [-0.25, -0.2) is 0 Å². The first-order valence-corrected chi connectivity index (χ1v) is 6.73. The average Bonchev–Trinajstić information content (AvgIpc) is 2.78. The van der Waals surface area contributed by atoms with Gasteiger partial charge in [0, 0.05) is 19.0 Å². The Labute approximate surface area is 113 Å². The number of likely N-dealkylation sites (N-methyl/N-ethyl adjacent to an activating group) is 1. The Morgan fingerprint density at radius 2 is 2.00 bits per heavy atom. The first-order valence-electron chi connectivity index (χ1n) is 6.73. The van der Waals surface area contributed by atoms with E-state index in [9.17, 15) is 5.11 Å². The third-order valence-electron chi connectivity index (χ3n) is 3.88. The van der Waals surface area contributed by atoms with Crippen molar-refractivity contribution in [1.82, 2.24) is 4.90 Å². The Morgan fingerprint density at radius 1 is 1.21 bits per heavy atom. The van der Waals surface area contributed by atoms with Crippen LogP contribution in [0.25, 0.3) is 10.8 Å². The van der Waals surface area contributed by atoms with Crippen molar-refractivity contribution in [2.45, 2.75) is 18.6 Å². The monoisotopic (exact) mass is 257 g/mol. The summed E-state index contributed by atoms with van der Waals surface area (Å²) in [5, 5.41) is 11.7. The van der Waals surface area contributed by atoms with Crippen LogP contribution in [0.1, 0.15) is 6.42 Å². The van der Waals surface area contributed by atoms with Crippen LogP contribution in [0.5, 0.6) is 5.75 Å². The van der Waals surface area contributed by atoms with Crippen molar-refractivity contribution in [2.24, 2.45) is 0 Å². The number of hydrogen-bond acceptors (Lipinski definition) is 3. The number of aliphatic hydroxyl groups excluding tert-OH is 1. The fourth-order valence-corrected chi connectivity index (χ4v) is 2.76. The van der Waals surface area contributed by atoms with Crippen LogP contribution in [0.4, 0.5) is 0 Å². The minimum absolute atomic E-state index is 0.170. The summed E-state index contributed by atoms with van der Waals surface area (Å²) in [7, 11) is 2.03. The van der Waals surface area contributed by atoms with E-state index >= 15 is 0 Å². The number of fused-ring (bicyclic) bond motifs is 1. The molecule has 100 valence electrons. The van der Waals surface area contributed by atoms with Gasteiger partial charge in [0.1, 0.15) is 11.9 Å². The third kappa shape index (κ3) is 2.57. The zero-order chi connectivity index (χ0) is 13.2. The van der Waals surface area contributed by atoms with E-state index in [1.807, 2.05) is 25.2 Å². The lowest BCUT2D eigenvalue weighted by molar-refractivity contribution is 0.182. The predicted octanol–water partition coefficient (Wildman–Crippen LogP) is 2.28. The highest BCUT2D eigenvalue weighted by molar-refractivity contribution is 5.83. The van der Waals surface area contributed by atoms with Gasteiger partial charge >= 0.3 is 0 Å². The Bertz CT molecular complexity index is 569. The number of benzene rings is 2. The van der Waals surface area contributed by atoms with Gasteiger partial charge in [0.15, 0.2) is 0 Å². The van der Waals surface area contributed by atoms with Crippen LogP contribution in [-0.4, -0.2) is 42.4 Å². The summed E-state index contributed by atoms with van der Waals surface area (Å²) in [5.74, 6) is 0.913. The highest BCUT2D eigenvalue weighted by Gasteiger charge is 2.30. The van der Waals surface area contributed by atoms with E-state index in [-0.39, 0.29) is 18.8 Å². The molecule has 0 aromatic heterocycles. The molecule has 1 aliphatic rings. The molecule has 2 aromatic rings. The number of likely N-dealkylation sites (tertiary alicyclic amines) is 1. The zero-order valence-corrected chi connectivity index (χ0v) is 11.1. The number of hydrogen-bond donors (Lipinski definition) is 1. The van der Waals surface area contributed by atoms with Crippen molar-refractivity contribution in [1.29, 1.82) is 0 Å². The van der Waals surface area contributed by atoms with Gasteiger partial charge in [-0.05, 0) is 30.0 Å². The van der Waals surface area contributed by atoms with Crippen LogP contribution in [0.15, 0.2) is 42.5 Å². The Kier molecular flexibility index (Phi) is 3.40. The van der Waals surface area contributed by atoms with Crippen LogP contribution in [0, 0.1) is 0 Å². The van der Waals surface area contributed by atoms with Crippen molar-refractivity contribution >= 4 is 10.8 Å². The maximum atomic E-state index is 9.26. The highest BCUT2D eigenvalue weighted by Crippen LogP contribution is 2.25. The van der Waals surface area contributed by atoms with Gasteiger partial charge in [0.2, 0.25) is 0 Å². The summed E-state index contributed by atoms with van der Waals surface area (Å²) >= 11 is 0. The lowest BCUT2D eigenvalue weighted by atomic mass is 10.1. The molecule has 3 heteroatoms. The molecule has 0 spiro atoms. The topological polar surface area (TPSA) is 32.7 Å². The van der Waals surface area contributed by atoms with Gasteiger partial charge in [0.05, 0.1) is 6.61 Å². The molecule has 3 rings (SSSR count). The van der Waals surface area contributed by atoms with Gasteiger partial charge in [-0.3, -0.25) is 4.90 Å². The molecule has 1 N–H and O–H groups in total. The first-order chi connectivity index (χ1) is 9.26. The van der Waals surface area contributed by atoms with Crippen LogP contribution >= 0.6 is 0 Å². The van der Waals surface area contributed by atoms with Crippen molar-refractivity contribution in [2.75, 3.05) is 20.2 Å². The molecule has 1 heterocycles. The average molecular weight is 257 g/mol. The lowest BCUT2D eigenvalue weighted by Crippen LogP contribution is -2.28. The maximum Gasteiger partial charge on any atom is 0.120 e. The van der Waals surface area contributed by atoms with Gasteiger partial charge in [0.25, 0.3) is 0 Å². The second kappa shape index (κ2) is 5.19. The SMILES string of the molecule is CN1C[C@@H](Oc2ccc3ccccc3c2)C[C@H]1CO. The summed E-state index contributed by atoms with van der Waals surface area (Å²) in [5.41, 5.74) is 0. The molecule has 0 unspecified atom stereocenters. The molecule has 1 saturated heterocycles. The summed E-state index contributed by atoms with van der Waals surface area (Å²) in [4.78, 5) is 2.16. The molecule has 0 saturated carbocycles. The Balaban J connectivity index is 1.75. The van der Waals surface area contributed by atoms with Crippen molar-refractivity contribution in [3.05, 3.63) is 42.5 Å². The fourth-order valence-electron chi connectivity index (χ4n) is 2.76. The molecule has 0 bridgehead atoms. The van der Waals surface area contributed by atoms with E-state index in [1.54, 1.807) is 0 Å². The highest BCUT2D eigenvalue weighted by atomic mass is 16.5. The summed E-state index contributed by atoms with van der Waals surface area (Å²) < 4.78 is 6.03. The zero-order valence-electron chi connectivity index (χ0n) is 11.1. The number of rotatable bonds is 3. The Morgan fingerprint density at radius 3 is 2.74 bits per heavy atom. The van der Waals surface area contributed by atoms with Gasteiger partial charge < -0.3 is 9.84 Å². The second-order valence-corrected chi connectivity index (χ2v) is 5.26. The smallest absolute Gasteiger partial charge is 0.120 e. The summed E-state index contributed by atoms with van der Waals surface area (Å²) in [6.07, 6.45) is 1.06. The minimum Gasteiger partial charge on any atom is -0.489 e. The van der Waals surface area contributed by atoms with E-state index in [0.717, 1.165) is 18.7 Å². The fraction of sp³-hybridized carbons (Fsp3) is 0.375. The van der Waals surface area contributed by atoms with Gasteiger partial charge in [-0.2, -0.15) is 0 Å². The molecule has 2 atom stereocenters. The van der Waals surface area contributed by atoms with Crippen LogP contribution < -0.4 is 4.74 Å². The van der Waals surface area contributed by atoms with Crippen molar-refractivity contribution < 1.29 is 9.84 Å². The molecule has 0 radical (unpaired) electrons. The third-order valence-corrected chi connectivity index (χ3v) is 3.88. The molecule has 19 heavy (non-hydrogen) atoms. The molecule has 1 aliphatic heterocycles. The van der Waals surface area contributed by atoms with E-state index in [1.165, 1.54) is 10.8 Å². The van der Waals surface area contributed by atoms with Crippen molar-refractivity contribution in [3.63, 3.8) is 0 Å². The largest absolute Gasteiger partial charge is 0.489 e. The molecule has 3 nitrogen and oxygen atoms in total. The molecular formula is C16H19NO2. The van der Waals surface area contributed by atoms with E-state index in [2.05, 4.69) is 29.2 Å². The Hall–Kier alpha value is -1.58. The normalized spacial score (nSPS) is 23.9. The van der Waals surface area contributed by atoms with Crippen LogP contribution in [0.3, 0.4) is 0 Å². The molecular weight excluding hydrogens is 238 g/mol. The summed E-state index contributed by atoms with van der Waals surface area (Å²) in [6.45, 7) is 1.08. The van der Waals surface area contributed by atoms with Gasteiger partial charge in [-0.15, -0.1) is 0 Å². The first kappa shape index (κ1) is 12.5. The molecule has 1 fully saturated rings. The molecule has 2 aromatic carbocycles. The minimum atomic E-state index is 0.170. The van der Waals surface area contributed by atoms with Crippen LogP contribution in [-0.2, 0) is 0 Å². The van der Waals surface area contributed by atoms with E-state index in [0.29, 0.717) is 0 Å². The van der Waals surface area contributed by atoms with Gasteiger partial charge in [-0.1, -0.05) is 30.3 Å². The van der Waals surface area contributed by atoms with E-state index < -0.39 is 0 Å². The molecule has 0 amide bonds. The second-order valence-electron chi connectivity index (χ2n) is 5.26. The number of nitrogens with zero attached hydrogens (tertiary/aromatic N) is 1. The predicted molar refractivity (Wildman–Crippen MR) is 76.5 cm³/mol. The quantitative estimate of drug-likeness (QED) is 0.915. The van der Waals surface area contributed by atoms with E-state index in [4.69, 9.17) is 4.74 Å². The lowest BCUT2D eigenvalue weighted by Gasteiger charge is -2.15.